The topological polar surface area (TPSA) is 58.2 Å². The Hall–Kier alpha value is -2.28. The molecule has 6 heteroatoms. The van der Waals surface area contributed by atoms with Gasteiger partial charge in [-0.05, 0) is 17.7 Å². The molecule has 0 amide bonds. The maximum atomic E-state index is 5.94. The van der Waals surface area contributed by atoms with E-state index in [9.17, 15) is 0 Å². The van der Waals surface area contributed by atoms with Gasteiger partial charge in [-0.15, -0.1) is 0 Å². The maximum Gasteiger partial charge on any atom is 0.203 e. The van der Waals surface area contributed by atoms with Crippen LogP contribution in [0.3, 0.4) is 0 Å². The number of methoxy groups -OCH3 is 2. The van der Waals surface area contributed by atoms with Crippen molar-refractivity contribution in [3.05, 3.63) is 54.1 Å². The minimum absolute atomic E-state index is 0.0551. The molecule has 2 aromatic rings. The number of rotatable bonds is 10. The first-order valence-electron chi connectivity index (χ1n) is 9.15. The van der Waals surface area contributed by atoms with Gasteiger partial charge in [0, 0.05) is 19.5 Å². The van der Waals surface area contributed by atoms with Crippen molar-refractivity contribution in [2.45, 2.75) is 18.8 Å². The summed E-state index contributed by atoms with van der Waals surface area (Å²) in [5.41, 5.74) is 1.22. The lowest BCUT2D eigenvalue weighted by atomic mass is 10.1. The second-order valence-electron chi connectivity index (χ2n) is 6.25. The van der Waals surface area contributed by atoms with Gasteiger partial charge in [0.05, 0.1) is 26.9 Å². The highest BCUT2D eigenvalue weighted by molar-refractivity contribution is 5.51. The van der Waals surface area contributed by atoms with E-state index >= 15 is 0 Å². The Balaban J connectivity index is 1.35. The molecule has 1 N–H and O–H groups in total. The van der Waals surface area contributed by atoms with E-state index in [4.69, 9.17) is 23.7 Å². The number of nitrogens with one attached hydrogen (secondary N) is 1. The monoisotopic (exact) mass is 373 g/mol. The summed E-state index contributed by atoms with van der Waals surface area (Å²) < 4.78 is 28.1. The van der Waals surface area contributed by atoms with E-state index in [0.717, 1.165) is 13.0 Å². The molecule has 1 unspecified atom stereocenters. The van der Waals surface area contributed by atoms with Crippen LogP contribution in [0.2, 0.25) is 0 Å². The average molecular weight is 373 g/mol. The van der Waals surface area contributed by atoms with E-state index in [2.05, 4.69) is 17.4 Å². The molecule has 1 heterocycles. The van der Waals surface area contributed by atoms with Crippen LogP contribution in [0.15, 0.2) is 48.5 Å². The maximum absolute atomic E-state index is 5.94. The van der Waals surface area contributed by atoms with Gasteiger partial charge in [0.25, 0.3) is 0 Å². The second kappa shape index (κ2) is 10.2. The summed E-state index contributed by atoms with van der Waals surface area (Å²) in [6.45, 7) is 2.51. The quantitative estimate of drug-likeness (QED) is 0.646. The van der Waals surface area contributed by atoms with Crippen molar-refractivity contribution in [3.63, 3.8) is 0 Å². The SMILES string of the molecule is COc1cccc(OC)c1OCCNCC1CO[C@H](Cc2ccccc2)O1. The number of benzene rings is 2. The Morgan fingerprint density at radius 1 is 1.00 bits per heavy atom. The molecule has 0 bridgehead atoms. The predicted octanol–water partition coefficient (Wildman–Crippen LogP) is 2.66. The third-order valence-corrected chi connectivity index (χ3v) is 4.34. The van der Waals surface area contributed by atoms with Crippen LogP contribution in [0.25, 0.3) is 0 Å². The summed E-state index contributed by atoms with van der Waals surface area (Å²) in [4.78, 5) is 0. The summed E-state index contributed by atoms with van der Waals surface area (Å²) in [6, 6.07) is 15.8. The molecule has 2 atom stereocenters. The van der Waals surface area contributed by atoms with Crippen LogP contribution in [0.4, 0.5) is 0 Å². The third kappa shape index (κ3) is 5.60. The Kier molecular flexibility index (Phi) is 7.33. The van der Waals surface area contributed by atoms with Gasteiger partial charge >= 0.3 is 0 Å². The summed E-state index contributed by atoms with van der Waals surface area (Å²) in [5, 5.41) is 3.35. The zero-order chi connectivity index (χ0) is 18.9. The van der Waals surface area contributed by atoms with Gasteiger partial charge in [-0.3, -0.25) is 0 Å². The molecule has 3 rings (SSSR count). The molecule has 1 saturated heterocycles. The second-order valence-corrected chi connectivity index (χ2v) is 6.25. The summed E-state index contributed by atoms with van der Waals surface area (Å²) in [7, 11) is 3.23. The Morgan fingerprint density at radius 3 is 2.44 bits per heavy atom. The van der Waals surface area contributed by atoms with Crippen LogP contribution in [0, 0.1) is 0 Å². The molecule has 2 aromatic carbocycles. The number of ether oxygens (including phenoxy) is 5. The molecule has 146 valence electrons. The average Bonchev–Trinajstić information content (AvgIpc) is 3.15. The molecule has 0 aliphatic carbocycles. The van der Waals surface area contributed by atoms with Gasteiger partial charge in [0.1, 0.15) is 6.61 Å². The lowest BCUT2D eigenvalue weighted by Crippen LogP contribution is -2.32. The molecule has 0 radical (unpaired) electrons. The van der Waals surface area contributed by atoms with Gasteiger partial charge in [-0.2, -0.15) is 0 Å². The fourth-order valence-electron chi connectivity index (χ4n) is 2.98. The summed E-state index contributed by atoms with van der Waals surface area (Å²) in [5.74, 6) is 1.93. The molecule has 1 aliphatic rings. The highest BCUT2D eigenvalue weighted by atomic mass is 16.7. The van der Waals surface area contributed by atoms with Gasteiger partial charge in [0.2, 0.25) is 5.75 Å². The van der Waals surface area contributed by atoms with Crippen molar-refractivity contribution in [2.75, 3.05) is 40.5 Å². The first-order valence-corrected chi connectivity index (χ1v) is 9.15. The smallest absolute Gasteiger partial charge is 0.203 e. The molecule has 6 nitrogen and oxygen atoms in total. The fourth-order valence-corrected chi connectivity index (χ4v) is 2.98. The zero-order valence-corrected chi connectivity index (χ0v) is 15.9. The van der Waals surface area contributed by atoms with Crippen molar-refractivity contribution in [2.24, 2.45) is 0 Å². The number of hydrogen-bond acceptors (Lipinski definition) is 6. The highest BCUT2D eigenvalue weighted by Gasteiger charge is 2.25. The van der Waals surface area contributed by atoms with E-state index in [1.807, 2.05) is 36.4 Å². The van der Waals surface area contributed by atoms with Crippen molar-refractivity contribution in [3.8, 4) is 17.2 Å². The van der Waals surface area contributed by atoms with Crippen LogP contribution < -0.4 is 19.5 Å². The van der Waals surface area contributed by atoms with Crippen molar-refractivity contribution in [1.29, 1.82) is 0 Å². The van der Waals surface area contributed by atoms with Crippen LogP contribution in [0.5, 0.6) is 17.2 Å². The fraction of sp³-hybridized carbons (Fsp3) is 0.429. The van der Waals surface area contributed by atoms with Crippen LogP contribution >= 0.6 is 0 Å². The Morgan fingerprint density at radius 2 is 1.74 bits per heavy atom. The third-order valence-electron chi connectivity index (χ3n) is 4.34. The lowest BCUT2D eigenvalue weighted by molar-refractivity contribution is -0.0552. The molecule has 1 fully saturated rings. The first-order chi connectivity index (χ1) is 13.3. The summed E-state index contributed by atoms with van der Waals surface area (Å²) >= 11 is 0. The zero-order valence-electron chi connectivity index (χ0n) is 15.9. The minimum Gasteiger partial charge on any atom is -0.493 e. The molecular weight excluding hydrogens is 346 g/mol. The van der Waals surface area contributed by atoms with Crippen molar-refractivity contribution >= 4 is 0 Å². The lowest BCUT2D eigenvalue weighted by Gasteiger charge is -2.15. The summed E-state index contributed by atoms with van der Waals surface area (Å²) in [6.07, 6.45) is 0.654. The largest absolute Gasteiger partial charge is 0.493 e. The molecule has 0 saturated carbocycles. The predicted molar refractivity (Wildman–Crippen MR) is 103 cm³/mol. The van der Waals surface area contributed by atoms with E-state index in [-0.39, 0.29) is 12.4 Å². The Bertz CT molecular complexity index is 672. The molecule has 1 aliphatic heterocycles. The van der Waals surface area contributed by atoms with Crippen LogP contribution in [0.1, 0.15) is 5.56 Å². The van der Waals surface area contributed by atoms with E-state index < -0.39 is 0 Å². The van der Waals surface area contributed by atoms with E-state index in [0.29, 0.717) is 37.0 Å². The normalized spacial score (nSPS) is 19.0. The van der Waals surface area contributed by atoms with Gasteiger partial charge in [-0.1, -0.05) is 36.4 Å². The number of hydrogen-bond donors (Lipinski definition) is 1. The molecule has 0 aromatic heterocycles. The van der Waals surface area contributed by atoms with E-state index in [1.54, 1.807) is 14.2 Å². The highest BCUT2D eigenvalue weighted by Crippen LogP contribution is 2.36. The van der Waals surface area contributed by atoms with Crippen molar-refractivity contribution < 1.29 is 23.7 Å². The van der Waals surface area contributed by atoms with Gasteiger partial charge in [-0.25, -0.2) is 0 Å². The first kappa shape index (κ1) is 19.5. The van der Waals surface area contributed by atoms with Crippen LogP contribution in [-0.2, 0) is 15.9 Å². The Labute approximate surface area is 160 Å². The molecule has 27 heavy (non-hydrogen) atoms. The standard InChI is InChI=1S/C21H27NO5/c1-23-18-9-6-10-19(24-2)21(18)25-12-11-22-14-17-15-26-20(27-17)13-16-7-4-3-5-8-16/h3-10,17,20,22H,11-15H2,1-2H3/t17?,20-/m0/s1. The number of para-hydroxylation sites is 1. The van der Waals surface area contributed by atoms with Crippen LogP contribution in [-0.4, -0.2) is 52.9 Å². The molecule has 0 spiro atoms. The van der Waals surface area contributed by atoms with Crippen molar-refractivity contribution in [1.82, 2.24) is 5.32 Å². The molecular formula is C21H27NO5. The minimum atomic E-state index is -0.173. The van der Waals surface area contributed by atoms with E-state index in [1.165, 1.54) is 5.56 Å². The van der Waals surface area contributed by atoms with Gasteiger partial charge in [0.15, 0.2) is 17.8 Å². The van der Waals surface area contributed by atoms with Gasteiger partial charge < -0.3 is 29.0 Å².